The molecular formula is C18H26N4O4. The minimum atomic E-state index is -0.470. The van der Waals surface area contributed by atoms with Gasteiger partial charge in [0.1, 0.15) is 12.4 Å². The fourth-order valence-electron chi connectivity index (χ4n) is 2.75. The summed E-state index contributed by atoms with van der Waals surface area (Å²) in [5.74, 6) is 0.118. The monoisotopic (exact) mass is 362 g/mol. The molecule has 8 heteroatoms. The minimum absolute atomic E-state index is 0.0357. The Kier molecular flexibility index (Phi) is 6.94. The van der Waals surface area contributed by atoms with Gasteiger partial charge in [0.25, 0.3) is 5.56 Å². The molecule has 0 aromatic carbocycles. The number of hydrogen-bond donors (Lipinski definition) is 1. The molecular weight excluding hydrogens is 336 g/mol. The molecule has 0 radical (unpaired) electrons. The number of unbranched alkanes of at least 4 members (excludes halogenated alkanes) is 1. The summed E-state index contributed by atoms with van der Waals surface area (Å²) in [6, 6.07) is 0. The Hall–Kier alpha value is -2.64. The zero-order valence-corrected chi connectivity index (χ0v) is 15.4. The summed E-state index contributed by atoms with van der Waals surface area (Å²) in [7, 11) is 0. The Labute approximate surface area is 151 Å². The maximum atomic E-state index is 12.4. The average molecular weight is 362 g/mol. The van der Waals surface area contributed by atoms with E-state index in [1.165, 1.54) is 4.57 Å². The predicted molar refractivity (Wildman–Crippen MR) is 99.0 cm³/mol. The normalized spacial score (nSPS) is 11.0. The van der Waals surface area contributed by atoms with Gasteiger partial charge in [0.2, 0.25) is 0 Å². The van der Waals surface area contributed by atoms with E-state index in [4.69, 9.17) is 4.74 Å². The number of H-pyrrole nitrogens is 1. The second kappa shape index (κ2) is 9.17. The van der Waals surface area contributed by atoms with Gasteiger partial charge in [0.15, 0.2) is 11.2 Å². The number of rotatable bonds is 10. The van der Waals surface area contributed by atoms with E-state index in [2.05, 4.69) is 16.5 Å². The lowest BCUT2D eigenvalue weighted by atomic mass is 10.3. The Balaban J connectivity index is 2.46. The van der Waals surface area contributed by atoms with Crippen LogP contribution in [0.3, 0.4) is 0 Å². The molecule has 0 unspecified atom stereocenters. The van der Waals surface area contributed by atoms with Crippen molar-refractivity contribution in [3.05, 3.63) is 39.3 Å². The molecule has 0 spiro atoms. The van der Waals surface area contributed by atoms with Crippen molar-refractivity contribution >= 4 is 17.1 Å². The molecule has 0 bridgehead atoms. The van der Waals surface area contributed by atoms with E-state index in [9.17, 15) is 14.4 Å². The summed E-state index contributed by atoms with van der Waals surface area (Å²) in [5, 5.41) is 0. The first-order chi connectivity index (χ1) is 12.5. The lowest BCUT2D eigenvalue weighted by molar-refractivity contribution is -0.145. The molecule has 2 aromatic rings. The van der Waals surface area contributed by atoms with Crippen LogP contribution in [0.25, 0.3) is 11.2 Å². The Bertz CT molecular complexity index is 891. The average Bonchev–Trinajstić information content (AvgIpc) is 2.97. The van der Waals surface area contributed by atoms with Gasteiger partial charge in [-0.15, -0.1) is 6.58 Å². The third kappa shape index (κ3) is 4.30. The number of fused-ring (bicyclic) bond motifs is 1. The van der Waals surface area contributed by atoms with Crippen LogP contribution >= 0.6 is 0 Å². The van der Waals surface area contributed by atoms with Gasteiger partial charge >= 0.3 is 11.7 Å². The molecule has 0 aliphatic rings. The number of nitrogens with one attached hydrogen (secondary N) is 1. The molecule has 142 valence electrons. The van der Waals surface area contributed by atoms with Crippen LogP contribution in [0.5, 0.6) is 0 Å². The summed E-state index contributed by atoms with van der Waals surface area (Å²) >= 11 is 0. The number of imidazole rings is 1. The van der Waals surface area contributed by atoms with E-state index in [1.54, 1.807) is 10.6 Å². The van der Waals surface area contributed by atoms with Gasteiger partial charge in [0.05, 0.1) is 0 Å². The molecule has 8 nitrogen and oxygen atoms in total. The topological polar surface area (TPSA) is 99.0 Å². The highest BCUT2D eigenvalue weighted by Gasteiger charge is 2.19. The van der Waals surface area contributed by atoms with E-state index in [0.717, 1.165) is 19.3 Å². The highest BCUT2D eigenvalue weighted by molar-refractivity contribution is 5.71. The first-order valence-electron chi connectivity index (χ1n) is 9.02. The van der Waals surface area contributed by atoms with E-state index in [-0.39, 0.29) is 19.0 Å². The maximum Gasteiger partial charge on any atom is 0.330 e. The molecule has 0 aliphatic heterocycles. The molecule has 0 saturated heterocycles. The molecule has 0 fully saturated rings. The van der Waals surface area contributed by atoms with Crippen molar-refractivity contribution in [3.8, 4) is 0 Å². The smallest absolute Gasteiger partial charge is 0.330 e. The van der Waals surface area contributed by atoms with Crippen molar-refractivity contribution in [1.82, 2.24) is 19.1 Å². The second-order valence-electron chi connectivity index (χ2n) is 6.10. The summed E-state index contributed by atoms with van der Waals surface area (Å²) in [6.45, 7) is 8.57. The number of carbonyl (C=O) groups excluding carboxylic acids is 1. The lowest BCUT2D eigenvalue weighted by Gasteiger charge is -2.08. The Morgan fingerprint density at radius 3 is 2.65 bits per heavy atom. The molecule has 2 rings (SSSR count). The molecule has 1 N–H and O–H groups in total. The maximum absolute atomic E-state index is 12.4. The first kappa shape index (κ1) is 19.7. The standard InChI is InChI=1S/C18H26N4O4/c1-4-7-9-14(23)26-12-13-19-16-15(21(13)10-6-3)17(24)20-18(25)22(16)11-8-5-2/h4H,1,5-12H2,2-3H3,(H,20,24,25). The van der Waals surface area contributed by atoms with Crippen LogP contribution in [0.2, 0.25) is 0 Å². The van der Waals surface area contributed by atoms with Gasteiger partial charge in [-0.3, -0.25) is 19.1 Å². The van der Waals surface area contributed by atoms with Crippen molar-refractivity contribution in [2.24, 2.45) is 0 Å². The van der Waals surface area contributed by atoms with Gasteiger partial charge in [-0.2, -0.15) is 0 Å². The summed E-state index contributed by atoms with van der Waals surface area (Å²) < 4.78 is 8.48. The summed E-state index contributed by atoms with van der Waals surface area (Å²) in [4.78, 5) is 43.1. The van der Waals surface area contributed by atoms with E-state index < -0.39 is 11.2 Å². The summed E-state index contributed by atoms with van der Waals surface area (Å²) in [5.41, 5.74) is -0.243. The van der Waals surface area contributed by atoms with Gasteiger partial charge in [-0.25, -0.2) is 9.78 Å². The van der Waals surface area contributed by atoms with Gasteiger partial charge in [-0.05, 0) is 19.3 Å². The number of hydrogen-bond acceptors (Lipinski definition) is 5. The Morgan fingerprint density at radius 1 is 1.23 bits per heavy atom. The van der Waals surface area contributed by atoms with Crippen molar-refractivity contribution < 1.29 is 9.53 Å². The number of aromatic amines is 1. The predicted octanol–water partition coefficient (Wildman–Crippen LogP) is 2.11. The molecule has 0 atom stereocenters. The molecule has 0 aliphatic carbocycles. The fourth-order valence-corrected chi connectivity index (χ4v) is 2.75. The van der Waals surface area contributed by atoms with Crippen LogP contribution < -0.4 is 11.2 Å². The number of aromatic nitrogens is 4. The third-order valence-electron chi connectivity index (χ3n) is 4.06. The van der Waals surface area contributed by atoms with E-state index >= 15 is 0 Å². The van der Waals surface area contributed by atoms with Gasteiger partial charge in [-0.1, -0.05) is 26.3 Å². The van der Waals surface area contributed by atoms with Crippen LogP contribution in [0.15, 0.2) is 22.2 Å². The van der Waals surface area contributed by atoms with Crippen LogP contribution in [0.4, 0.5) is 0 Å². The van der Waals surface area contributed by atoms with Gasteiger partial charge < -0.3 is 9.30 Å². The molecule has 2 heterocycles. The molecule has 26 heavy (non-hydrogen) atoms. The number of ether oxygens (including phenoxy) is 1. The van der Waals surface area contributed by atoms with Crippen LogP contribution in [0, 0.1) is 0 Å². The number of allylic oxidation sites excluding steroid dienone is 1. The van der Waals surface area contributed by atoms with Crippen LogP contribution in [0.1, 0.15) is 51.8 Å². The molecule has 2 aromatic heterocycles. The van der Waals surface area contributed by atoms with E-state index in [0.29, 0.717) is 36.5 Å². The van der Waals surface area contributed by atoms with Crippen LogP contribution in [-0.4, -0.2) is 25.1 Å². The first-order valence-corrected chi connectivity index (χ1v) is 9.02. The van der Waals surface area contributed by atoms with E-state index in [1.807, 2.05) is 13.8 Å². The van der Waals surface area contributed by atoms with Crippen LogP contribution in [-0.2, 0) is 29.2 Å². The third-order valence-corrected chi connectivity index (χ3v) is 4.06. The zero-order valence-electron chi connectivity index (χ0n) is 15.4. The largest absolute Gasteiger partial charge is 0.457 e. The highest BCUT2D eigenvalue weighted by Crippen LogP contribution is 2.14. The molecule has 0 amide bonds. The van der Waals surface area contributed by atoms with Gasteiger partial charge in [0, 0.05) is 19.5 Å². The zero-order chi connectivity index (χ0) is 19.1. The minimum Gasteiger partial charge on any atom is -0.457 e. The number of nitrogens with zero attached hydrogens (tertiary/aromatic N) is 3. The SMILES string of the molecule is C=CCCC(=O)OCc1nc2c(c(=O)[nH]c(=O)n2CCCC)n1CCC. The summed E-state index contributed by atoms with van der Waals surface area (Å²) in [6.07, 6.45) is 4.93. The molecule has 0 saturated carbocycles. The van der Waals surface area contributed by atoms with Crippen molar-refractivity contribution in [2.75, 3.05) is 0 Å². The van der Waals surface area contributed by atoms with Crippen molar-refractivity contribution in [3.63, 3.8) is 0 Å². The second-order valence-corrected chi connectivity index (χ2v) is 6.10. The number of esters is 1. The van der Waals surface area contributed by atoms with Crippen molar-refractivity contribution in [2.45, 2.75) is 65.6 Å². The number of carbonyl (C=O) groups is 1. The van der Waals surface area contributed by atoms with Crippen molar-refractivity contribution in [1.29, 1.82) is 0 Å². The Morgan fingerprint density at radius 2 is 2.00 bits per heavy atom. The lowest BCUT2D eigenvalue weighted by Crippen LogP contribution is -2.31. The fraction of sp³-hybridized carbons (Fsp3) is 0.556. The number of aryl methyl sites for hydroxylation is 2. The quantitative estimate of drug-likeness (QED) is 0.515. The highest BCUT2D eigenvalue weighted by atomic mass is 16.5.